The summed E-state index contributed by atoms with van der Waals surface area (Å²) >= 11 is 0. The second-order valence-electron chi connectivity index (χ2n) is 4.22. The lowest BCUT2D eigenvalue weighted by atomic mass is 10.4. The fourth-order valence-corrected chi connectivity index (χ4v) is 1.52. The highest BCUT2D eigenvalue weighted by Gasteiger charge is 2.16. The van der Waals surface area contributed by atoms with Crippen LogP contribution in [0.5, 0.6) is 0 Å². The van der Waals surface area contributed by atoms with Crippen molar-refractivity contribution in [2.45, 2.75) is 19.9 Å². The van der Waals surface area contributed by atoms with Crippen molar-refractivity contribution in [3.8, 4) is 0 Å². The molecule has 6 nitrogen and oxygen atoms in total. The fourth-order valence-electron chi connectivity index (χ4n) is 1.52. The van der Waals surface area contributed by atoms with Crippen molar-refractivity contribution in [3.63, 3.8) is 0 Å². The van der Waals surface area contributed by atoms with Gasteiger partial charge in [0.25, 0.3) is 0 Å². The van der Waals surface area contributed by atoms with E-state index in [1.54, 1.807) is 14.1 Å². The summed E-state index contributed by atoms with van der Waals surface area (Å²) in [5.41, 5.74) is 0. The smallest absolute Gasteiger partial charge is 0.319 e. The van der Waals surface area contributed by atoms with Crippen LogP contribution in [-0.4, -0.2) is 47.5 Å². The molecule has 0 atom stereocenters. The molecule has 0 unspecified atom stereocenters. The Hall–Kier alpha value is -1.98. The largest absolute Gasteiger partial charge is 0.481 e. The van der Waals surface area contributed by atoms with E-state index in [9.17, 15) is 9.59 Å². The molecule has 1 aromatic rings. The van der Waals surface area contributed by atoms with E-state index in [2.05, 4.69) is 0 Å². The van der Waals surface area contributed by atoms with Crippen molar-refractivity contribution in [2.24, 2.45) is 0 Å². The topological polar surface area (TPSA) is 74.0 Å². The summed E-state index contributed by atoms with van der Waals surface area (Å²) in [6, 6.07) is 3.42. The van der Waals surface area contributed by atoms with E-state index in [0.29, 0.717) is 12.3 Å². The van der Waals surface area contributed by atoms with Gasteiger partial charge in [0.15, 0.2) is 0 Å². The molecule has 1 N–H and O–H groups in total. The Morgan fingerprint density at radius 1 is 1.28 bits per heavy atom. The summed E-state index contributed by atoms with van der Waals surface area (Å²) in [6.45, 7) is 2.39. The van der Waals surface area contributed by atoms with Crippen LogP contribution in [0.15, 0.2) is 16.5 Å². The van der Waals surface area contributed by atoms with Gasteiger partial charge in [0.2, 0.25) is 0 Å². The Morgan fingerprint density at radius 2 is 1.94 bits per heavy atom. The zero-order valence-corrected chi connectivity index (χ0v) is 10.8. The van der Waals surface area contributed by atoms with E-state index < -0.39 is 5.97 Å². The molecule has 0 radical (unpaired) electrons. The van der Waals surface area contributed by atoms with E-state index in [1.165, 1.54) is 9.80 Å². The van der Waals surface area contributed by atoms with Gasteiger partial charge < -0.3 is 19.3 Å². The molecule has 100 valence electrons. The second-order valence-corrected chi connectivity index (χ2v) is 4.22. The Labute approximate surface area is 106 Å². The third kappa shape index (κ3) is 4.12. The number of aryl methyl sites for hydroxylation is 1. The molecule has 0 aliphatic rings. The van der Waals surface area contributed by atoms with Gasteiger partial charge in [-0.25, -0.2) is 4.79 Å². The van der Waals surface area contributed by atoms with Crippen LogP contribution in [0.25, 0.3) is 0 Å². The van der Waals surface area contributed by atoms with Gasteiger partial charge in [-0.2, -0.15) is 0 Å². The van der Waals surface area contributed by atoms with Gasteiger partial charge in [-0.1, -0.05) is 0 Å². The van der Waals surface area contributed by atoms with Crippen LogP contribution in [-0.2, 0) is 11.3 Å². The van der Waals surface area contributed by atoms with Crippen LogP contribution >= 0.6 is 0 Å². The maximum Gasteiger partial charge on any atom is 0.319 e. The van der Waals surface area contributed by atoms with Crippen LogP contribution in [0.4, 0.5) is 4.79 Å². The summed E-state index contributed by atoms with van der Waals surface area (Å²) in [6.07, 6.45) is -0.0596. The molecule has 1 rings (SSSR count). The van der Waals surface area contributed by atoms with Gasteiger partial charge in [0.1, 0.15) is 11.5 Å². The SMILES string of the molecule is Cc1ccc(CN(C)C(=O)N(C)CCC(=O)O)o1. The lowest BCUT2D eigenvalue weighted by molar-refractivity contribution is -0.137. The van der Waals surface area contributed by atoms with Gasteiger partial charge in [-0.05, 0) is 19.1 Å². The first-order chi connectivity index (χ1) is 8.40. The molecule has 6 heteroatoms. The standard InChI is InChI=1S/C12H18N2O4/c1-9-4-5-10(18-9)8-14(3)12(17)13(2)7-6-11(15)16/h4-5H,6-8H2,1-3H3,(H,15,16). The Balaban J connectivity index is 2.47. The molecule has 1 aromatic heterocycles. The number of carboxylic acids is 1. The zero-order chi connectivity index (χ0) is 13.7. The van der Waals surface area contributed by atoms with Crippen molar-refractivity contribution >= 4 is 12.0 Å². The van der Waals surface area contributed by atoms with Crippen LogP contribution in [0, 0.1) is 6.92 Å². The molecule has 0 spiro atoms. The van der Waals surface area contributed by atoms with Crippen molar-refractivity contribution < 1.29 is 19.1 Å². The van der Waals surface area contributed by atoms with Gasteiger partial charge in [0.05, 0.1) is 13.0 Å². The van der Waals surface area contributed by atoms with E-state index in [4.69, 9.17) is 9.52 Å². The minimum Gasteiger partial charge on any atom is -0.481 e. The maximum atomic E-state index is 11.9. The van der Waals surface area contributed by atoms with Gasteiger partial charge >= 0.3 is 12.0 Å². The van der Waals surface area contributed by atoms with E-state index in [1.807, 2.05) is 19.1 Å². The number of aliphatic carboxylic acids is 1. The summed E-state index contributed by atoms with van der Waals surface area (Å²) in [5, 5.41) is 8.55. The Morgan fingerprint density at radius 3 is 2.44 bits per heavy atom. The van der Waals surface area contributed by atoms with Gasteiger partial charge in [-0.15, -0.1) is 0 Å². The Bertz CT molecular complexity index is 427. The molecule has 0 saturated carbocycles. The van der Waals surface area contributed by atoms with Crippen LogP contribution in [0.2, 0.25) is 0 Å². The van der Waals surface area contributed by atoms with Crippen LogP contribution in [0.1, 0.15) is 17.9 Å². The first-order valence-electron chi connectivity index (χ1n) is 5.63. The number of carbonyl (C=O) groups is 2. The molecule has 0 aromatic carbocycles. The first kappa shape index (κ1) is 14.1. The molecular weight excluding hydrogens is 236 g/mol. The third-order valence-corrected chi connectivity index (χ3v) is 2.50. The minimum absolute atomic E-state index is 0.0596. The average Bonchev–Trinajstić information content (AvgIpc) is 2.70. The number of carboxylic acid groups (broad SMARTS) is 1. The van der Waals surface area contributed by atoms with Crippen molar-refractivity contribution in [3.05, 3.63) is 23.7 Å². The van der Waals surface area contributed by atoms with E-state index in [-0.39, 0.29) is 19.0 Å². The fraction of sp³-hybridized carbons (Fsp3) is 0.500. The molecule has 0 fully saturated rings. The number of rotatable bonds is 5. The highest BCUT2D eigenvalue weighted by molar-refractivity contribution is 5.74. The normalized spacial score (nSPS) is 10.2. The minimum atomic E-state index is -0.918. The number of hydrogen-bond acceptors (Lipinski definition) is 3. The summed E-state index contributed by atoms with van der Waals surface area (Å²) in [5.74, 6) is 0.582. The molecule has 0 aliphatic heterocycles. The molecule has 18 heavy (non-hydrogen) atoms. The lowest BCUT2D eigenvalue weighted by Gasteiger charge is -2.23. The van der Waals surface area contributed by atoms with E-state index in [0.717, 1.165) is 5.76 Å². The summed E-state index contributed by atoms with van der Waals surface area (Å²) in [4.78, 5) is 25.2. The van der Waals surface area contributed by atoms with Crippen LogP contribution < -0.4 is 0 Å². The molecule has 0 saturated heterocycles. The second kappa shape index (κ2) is 6.09. The highest BCUT2D eigenvalue weighted by atomic mass is 16.4. The van der Waals surface area contributed by atoms with Crippen molar-refractivity contribution in [2.75, 3.05) is 20.6 Å². The predicted molar refractivity (Wildman–Crippen MR) is 65.2 cm³/mol. The van der Waals surface area contributed by atoms with Gasteiger partial charge in [-0.3, -0.25) is 4.79 Å². The molecule has 1 heterocycles. The predicted octanol–water partition coefficient (Wildman–Crippen LogP) is 1.55. The van der Waals surface area contributed by atoms with Crippen molar-refractivity contribution in [1.29, 1.82) is 0 Å². The zero-order valence-electron chi connectivity index (χ0n) is 10.8. The number of furan rings is 1. The average molecular weight is 254 g/mol. The monoisotopic (exact) mass is 254 g/mol. The van der Waals surface area contributed by atoms with Gasteiger partial charge in [0, 0.05) is 20.6 Å². The van der Waals surface area contributed by atoms with Crippen LogP contribution in [0.3, 0.4) is 0 Å². The Kier molecular flexibility index (Phi) is 4.76. The molecule has 0 aliphatic carbocycles. The lowest BCUT2D eigenvalue weighted by Crippen LogP contribution is -2.39. The quantitative estimate of drug-likeness (QED) is 0.865. The van der Waals surface area contributed by atoms with Crippen molar-refractivity contribution in [1.82, 2.24) is 9.80 Å². The molecule has 2 amide bonds. The first-order valence-corrected chi connectivity index (χ1v) is 5.63. The number of urea groups is 1. The number of hydrogen-bond donors (Lipinski definition) is 1. The number of nitrogens with zero attached hydrogens (tertiary/aromatic N) is 2. The summed E-state index contributed by atoms with van der Waals surface area (Å²) < 4.78 is 5.38. The summed E-state index contributed by atoms with van der Waals surface area (Å²) in [7, 11) is 3.23. The third-order valence-electron chi connectivity index (χ3n) is 2.50. The number of amides is 2. The molecule has 0 bridgehead atoms. The number of carbonyl (C=O) groups excluding carboxylic acids is 1. The highest BCUT2D eigenvalue weighted by Crippen LogP contribution is 2.09. The van der Waals surface area contributed by atoms with E-state index >= 15 is 0 Å². The molecular formula is C12H18N2O4. The maximum absolute atomic E-state index is 11.9.